The molecule has 0 amide bonds. The number of aromatic carboxylic acids is 1. The second kappa shape index (κ2) is 11.8. The second-order valence-electron chi connectivity index (χ2n) is 11.4. The van der Waals surface area contributed by atoms with Crippen LogP contribution >= 0.6 is 0 Å². The lowest BCUT2D eigenvalue weighted by atomic mass is 10.0. The van der Waals surface area contributed by atoms with Gasteiger partial charge in [0.05, 0.1) is 34.4 Å². The molecule has 5 aromatic rings. The van der Waals surface area contributed by atoms with Crippen molar-refractivity contribution in [2.45, 2.75) is 51.9 Å². The summed E-state index contributed by atoms with van der Waals surface area (Å²) in [6.07, 6.45) is 1.66. The van der Waals surface area contributed by atoms with Crippen LogP contribution in [0.25, 0.3) is 22.3 Å². The standard InChI is InChI=1S/C34H30F3N3O4/c1-20-7-8-22(25(35)13-20)18-43-32-6-3-5-28(39-32)24-17-26(36)23(14-27(24)37)16-31-38-29-10-9-21(33(41)42)15-30(29)40(31)19-34(2)11-4-12-44-34/h3,5-10,13-15,17H,4,11-12,16,18-19H2,1-2H3,(H,41,42). The summed E-state index contributed by atoms with van der Waals surface area (Å²) in [5.41, 5.74) is 2.07. The van der Waals surface area contributed by atoms with Crippen LogP contribution < -0.4 is 4.74 Å². The minimum atomic E-state index is -1.07. The summed E-state index contributed by atoms with van der Waals surface area (Å²) < 4.78 is 58.8. The number of carbonyl (C=O) groups is 1. The van der Waals surface area contributed by atoms with Gasteiger partial charge in [0.1, 0.15) is 29.9 Å². The van der Waals surface area contributed by atoms with E-state index in [1.807, 2.05) is 11.5 Å². The van der Waals surface area contributed by atoms with E-state index in [1.165, 1.54) is 12.1 Å². The van der Waals surface area contributed by atoms with Crippen molar-refractivity contribution in [3.63, 3.8) is 0 Å². The van der Waals surface area contributed by atoms with Gasteiger partial charge in [-0.15, -0.1) is 0 Å². The number of benzene rings is 3. The van der Waals surface area contributed by atoms with E-state index >= 15 is 8.78 Å². The lowest BCUT2D eigenvalue weighted by Crippen LogP contribution is -2.30. The normalized spacial score (nSPS) is 16.5. The van der Waals surface area contributed by atoms with Gasteiger partial charge in [0.15, 0.2) is 0 Å². The number of nitrogens with zero attached hydrogens (tertiary/aromatic N) is 3. The van der Waals surface area contributed by atoms with E-state index in [0.717, 1.165) is 30.5 Å². The molecule has 0 bridgehead atoms. The highest BCUT2D eigenvalue weighted by atomic mass is 19.1. The maximum Gasteiger partial charge on any atom is 0.335 e. The van der Waals surface area contributed by atoms with Crippen LogP contribution in [0, 0.1) is 24.4 Å². The molecule has 1 saturated heterocycles. The first kappa shape index (κ1) is 29.4. The molecule has 0 radical (unpaired) electrons. The quantitative estimate of drug-likeness (QED) is 0.191. The molecule has 0 saturated carbocycles. The first-order valence-electron chi connectivity index (χ1n) is 14.3. The zero-order valence-electron chi connectivity index (χ0n) is 24.2. The van der Waals surface area contributed by atoms with Crippen molar-refractivity contribution in [1.82, 2.24) is 14.5 Å². The number of carboxylic acids is 1. The Morgan fingerprint density at radius 2 is 1.82 bits per heavy atom. The van der Waals surface area contributed by atoms with Crippen LogP contribution in [0.2, 0.25) is 0 Å². The minimum absolute atomic E-state index is 0.0328. The summed E-state index contributed by atoms with van der Waals surface area (Å²) in [5, 5.41) is 9.54. The third-order valence-electron chi connectivity index (χ3n) is 7.94. The van der Waals surface area contributed by atoms with Crippen molar-refractivity contribution >= 4 is 17.0 Å². The first-order chi connectivity index (χ1) is 21.1. The minimum Gasteiger partial charge on any atom is -0.478 e. The van der Waals surface area contributed by atoms with Crippen molar-refractivity contribution in [2.24, 2.45) is 0 Å². The van der Waals surface area contributed by atoms with Crippen molar-refractivity contribution in [1.29, 1.82) is 0 Å². The van der Waals surface area contributed by atoms with Crippen LogP contribution in [0.1, 0.15) is 52.6 Å². The topological polar surface area (TPSA) is 86.5 Å². The molecule has 1 unspecified atom stereocenters. The van der Waals surface area contributed by atoms with Gasteiger partial charge >= 0.3 is 5.97 Å². The highest BCUT2D eigenvalue weighted by Crippen LogP contribution is 2.32. The van der Waals surface area contributed by atoms with Gasteiger partial charge in [0, 0.05) is 30.2 Å². The Kier molecular flexibility index (Phi) is 7.85. The summed E-state index contributed by atoms with van der Waals surface area (Å²) in [6.45, 7) is 4.69. The Labute approximate surface area is 251 Å². The van der Waals surface area contributed by atoms with Gasteiger partial charge in [-0.05, 0) is 80.3 Å². The van der Waals surface area contributed by atoms with E-state index in [1.54, 1.807) is 49.4 Å². The predicted octanol–water partition coefficient (Wildman–Crippen LogP) is 7.26. The number of hydrogen-bond acceptors (Lipinski definition) is 5. The fourth-order valence-electron chi connectivity index (χ4n) is 5.57. The van der Waals surface area contributed by atoms with Gasteiger partial charge < -0.3 is 19.1 Å². The first-order valence-corrected chi connectivity index (χ1v) is 14.3. The zero-order chi connectivity index (χ0) is 31.0. The Morgan fingerprint density at radius 3 is 2.57 bits per heavy atom. The molecule has 1 N–H and O–H groups in total. The summed E-state index contributed by atoms with van der Waals surface area (Å²) >= 11 is 0. The molecule has 6 rings (SSSR count). The Morgan fingerprint density at radius 1 is 1.00 bits per heavy atom. The van der Waals surface area contributed by atoms with E-state index in [9.17, 15) is 14.3 Å². The number of pyridine rings is 1. The summed E-state index contributed by atoms with van der Waals surface area (Å²) in [4.78, 5) is 20.7. The number of halogens is 3. The summed E-state index contributed by atoms with van der Waals surface area (Å²) in [7, 11) is 0. The van der Waals surface area contributed by atoms with Crippen LogP contribution in [0.4, 0.5) is 13.2 Å². The molecule has 7 nitrogen and oxygen atoms in total. The largest absolute Gasteiger partial charge is 0.478 e. The average Bonchev–Trinajstić information content (AvgIpc) is 3.57. The summed E-state index contributed by atoms with van der Waals surface area (Å²) in [6, 6.07) is 16.4. The molecule has 1 atom stereocenters. The smallest absolute Gasteiger partial charge is 0.335 e. The molecule has 3 heterocycles. The van der Waals surface area contributed by atoms with Crippen LogP contribution in [0.3, 0.4) is 0 Å². The van der Waals surface area contributed by atoms with Crippen molar-refractivity contribution in [3.8, 4) is 17.1 Å². The van der Waals surface area contributed by atoms with Crippen LogP contribution in [-0.2, 0) is 24.3 Å². The lowest BCUT2D eigenvalue weighted by Gasteiger charge is -2.25. The zero-order valence-corrected chi connectivity index (χ0v) is 24.2. The molecular weight excluding hydrogens is 571 g/mol. The number of imidazole rings is 1. The molecule has 44 heavy (non-hydrogen) atoms. The highest BCUT2D eigenvalue weighted by molar-refractivity contribution is 5.92. The molecule has 0 aliphatic carbocycles. The van der Waals surface area contributed by atoms with Gasteiger partial charge in [-0.3, -0.25) is 0 Å². The van der Waals surface area contributed by atoms with Gasteiger partial charge in [0.25, 0.3) is 0 Å². The lowest BCUT2D eigenvalue weighted by molar-refractivity contribution is 0.00655. The number of aryl methyl sites for hydroxylation is 1. The van der Waals surface area contributed by atoms with Crippen LogP contribution in [-0.4, -0.2) is 37.8 Å². The van der Waals surface area contributed by atoms with Crippen LogP contribution in [0.15, 0.2) is 66.7 Å². The highest BCUT2D eigenvalue weighted by Gasteiger charge is 2.32. The second-order valence-corrected chi connectivity index (χ2v) is 11.4. The summed E-state index contributed by atoms with van der Waals surface area (Å²) in [5.74, 6) is -2.20. The molecular formula is C34H30F3N3O4. The van der Waals surface area contributed by atoms with E-state index in [-0.39, 0.29) is 41.3 Å². The van der Waals surface area contributed by atoms with Crippen molar-refractivity contribution < 1.29 is 32.5 Å². The number of hydrogen-bond donors (Lipinski definition) is 1. The number of ether oxygens (including phenoxy) is 2. The third kappa shape index (κ3) is 6.03. The maximum absolute atomic E-state index is 15.6. The number of carboxylic acid groups (broad SMARTS) is 1. The molecule has 0 spiro atoms. The maximum atomic E-state index is 15.6. The number of fused-ring (bicyclic) bond motifs is 1. The number of rotatable bonds is 9. The van der Waals surface area contributed by atoms with Crippen LogP contribution in [0.5, 0.6) is 5.88 Å². The Balaban J connectivity index is 1.29. The molecule has 1 fully saturated rings. The predicted molar refractivity (Wildman–Crippen MR) is 158 cm³/mol. The molecule has 10 heteroatoms. The molecule has 2 aromatic heterocycles. The SMILES string of the molecule is Cc1ccc(COc2cccc(-c3cc(F)c(Cc4nc5ccc(C(=O)O)cc5n4CC4(C)CCCO4)cc3F)n2)c(F)c1. The number of aromatic nitrogens is 3. The Bertz CT molecular complexity index is 1880. The average molecular weight is 602 g/mol. The van der Waals surface area contributed by atoms with E-state index in [0.29, 0.717) is 35.6 Å². The van der Waals surface area contributed by atoms with Crippen molar-refractivity contribution in [3.05, 3.63) is 112 Å². The van der Waals surface area contributed by atoms with E-state index < -0.39 is 29.0 Å². The fourth-order valence-corrected chi connectivity index (χ4v) is 5.57. The van der Waals surface area contributed by atoms with Gasteiger partial charge in [-0.2, -0.15) is 0 Å². The van der Waals surface area contributed by atoms with Gasteiger partial charge in [-0.1, -0.05) is 18.2 Å². The molecule has 1 aliphatic heterocycles. The van der Waals surface area contributed by atoms with Crippen molar-refractivity contribution in [2.75, 3.05) is 6.61 Å². The monoisotopic (exact) mass is 601 g/mol. The third-order valence-corrected chi connectivity index (χ3v) is 7.94. The molecule has 226 valence electrons. The fraction of sp³-hybridized carbons (Fsp3) is 0.265. The molecule has 3 aromatic carbocycles. The Hall–Kier alpha value is -4.70. The van der Waals surface area contributed by atoms with E-state index in [4.69, 9.17) is 9.47 Å². The van der Waals surface area contributed by atoms with Gasteiger partial charge in [-0.25, -0.2) is 27.9 Å². The van der Waals surface area contributed by atoms with Gasteiger partial charge in [0.2, 0.25) is 5.88 Å². The molecule has 1 aliphatic rings. The van der Waals surface area contributed by atoms with E-state index in [2.05, 4.69) is 9.97 Å².